The standard InChI is InChI=1S/C20H25NO4/c1-3-21(11-16-8-9-19-20(10-16)25-14-24-19)12-17(22)13-23-18-7-5-4-6-15(18)2/h4-10,17,22H,3,11-14H2,1-2H3. The lowest BCUT2D eigenvalue weighted by Gasteiger charge is -2.24. The molecule has 2 aromatic carbocycles. The van der Waals surface area contributed by atoms with Crippen LogP contribution < -0.4 is 14.2 Å². The number of likely N-dealkylation sites (N-methyl/N-ethyl adjacent to an activating group) is 1. The molecule has 2 aromatic rings. The maximum atomic E-state index is 10.3. The number of benzene rings is 2. The fourth-order valence-electron chi connectivity index (χ4n) is 2.86. The third-order valence-electron chi connectivity index (χ3n) is 4.28. The number of para-hydroxylation sites is 1. The average molecular weight is 343 g/mol. The number of fused-ring (bicyclic) bond motifs is 1. The van der Waals surface area contributed by atoms with Gasteiger partial charge in [-0.15, -0.1) is 0 Å². The zero-order valence-electron chi connectivity index (χ0n) is 14.8. The molecule has 0 bridgehead atoms. The summed E-state index contributed by atoms with van der Waals surface area (Å²) in [5.74, 6) is 2.40. The van der Waals surface area contributed by atoms with E-state index in [9.17, 15) is 5.11 Å². The minimum atomic E-state index is -0.548. The van der Waals surface area contributed by atoms with Crippen LogP contribution in [0.25, 0.3) is 0 Å². The van der Waals surface area contributed by atoms with Crippen LogP contribution in [-0.2, 0) is 6.54 Å². The van der Waals surface area contributed by atoms with Crippen molar-refractivity contribution in [2.24, 2.45) is 0 Å². The third kappa shape index (κ3) is 4.65. The summed E-state index contributed by atoms with van der Waals surface area (Å²) in [6.07, 6.45) is -0.548. The monoisotopic (exact) mass is 343 g/mol. The van der Waals surface area contributed by atoms with E-state index in [0.29, 0.717) is 6.54 Å². The van der Waals surface area contributed by atoms with Gasteiger partial charge in [-0.3, -0.25) is 4.90 Å². The Morgan fingerprint density at radius 1 is 1.16 bits per heavy atom. The number of aliphatic hydroxyl groups is 1. The normalized spacial score (nSPS) is 13.9. The Kier molecular flexibility index (Phi) is 5.79. The van der Waals surface area contributed by atoms with Gasteiger partial charge >= 0.3 is 0 Å². The van der Waals surface area contributed by atoms with Crippen molar-refractivity contribution in [3.8, 4) is 17.2 Å². The molecule has 3 rings (SSSR count). The zero-order chi connectivity index (χ0) is 17.6. The van der Waals surface area contributed by atoms with Crippen LogP contribution in [0.5, 0.6) is 17.2 Å². The summed E-state index contributed by atoms with van der Waals surface area (Å²) in [6.45, 7) is 6.79. The molecule has 0 amide bonds. The Labute approximate surface area is 148 Å². The van der Waals surface area contributed by atoms with E-state index in [4.69, 9.17) is 14.2 Å². The molecule has 0 radical (unpaired) electrons. The van der Waals surface area contributed by atoms with E-state index in [2.05, 4.69) is 11.8 Å². The molecular formula is C20H25NO4. The molecule has 1 aliphatic rings. The lowest BCUT2D eigenvalue weighted by Crippen LogP contribution is -2.35. The molecule has 0 aliphatic carbocycles. The number of hydrogen-bond donors (Lipinski definition) is 1. The Balaban J connectivity index is 1.52. The van der Waals surface area contributed by atoms with Gasteiger partial charge in [-0.2, -0.15) is 0 Å². The zero-order valence-corrected chi connectivity index (χ0v) is 14.8. The largest absolute Gasteiger partial charge is 0.491 e. The summed E-state index contributed by atoms with van der Waals surface area (Å²) in [7, 11) is 0. The molecule has 1 heterocycles. The van der Waals surface area contributed by atoms with Crippen molar-refractivity contribution in [2.45, 2.75) is 26.5 Å². The van der Waals surface area contributed by atoms with Crippen molar-refractivity contribution in [1.29, 1.82) is 0 Å². The topological polar surface area (TPSA) is 51.2 Å². The van der Waals surface area contributed by atoms with Gasteiger partial charge in [0.15, 0.2) is 11.5 Å². The second kappa shape index (κ2) is 8.23. The summed E-state index contributed by atoms with van der Waals surface area (Å²) in [5, 5.41) is 10.3. The van der Waals surface area contributed by atoms with Crippen LogP contribution in [0.2, 0.25) is 0 Å². The van der Waals surface area contributed by atoms with Crippen molar-refractivity contribution in [1.82, 2.24) is 4.90 Å². The molecular weight excluding hydrogens is 318 g/mol. The van der Waals surface area contributed by atoms with E-state index in [1.165, 1.54) is 0 Å². The van der Waals surface area contributed by atoms with Gasteiger partial charge in [0.2, 0.25) is 6.79 Å². The van der Waals surface area contributed by atoms with Crippen molar-refractivity contribution >= 4 is 0 Å². The maximum Gasteiger partial charge on any atom is 0.231 e. The molecule has 1 aliphatic heterocycles. The van der Waals surface area contributed by atoms with Crippen molar-refractivity contribution in [3.63, 3.8) is 0 Å². The highest BCUT2D eigenvalue weighted by Gasteiger charge is 2.16. The second-order valence-electron chi connectivity index (χ2n) is 6.25. The predicted molar refractivity (Wildman–Crippen MR) is 96.2 cm³/mol. The number of aliphatic hydroxyl groups excluding tert-OH is 1. The lowest BCUT2D eigenvalue weighted by atomic mass is 10.2. The summed E-state index contributed by atoms with van der Waals surface area (Å²) in [4.78, 5) is 2.18. The molecule has 25 heavy (non-hydrogen) atoms. The Morgan fingerprint density at radius 3 is 2.76 bits per heavy atom. The molecule has 1 unspecified atom stereocenters. The first kappa shape index (κ1) is 17.6. The highest BCUT2D eigenvalue weighted by atomic mass is 16.7. The van der Waals surface area contributed by atoms with E-state index in [1.807, 2.05) is 49.4 Å². The number of nitrogens with zero attached hydrogens (tertiary/aromatic N) is 1. The smallest absolute Gasteiger partial charge is 0.231 e. The molecule has 5 nitrogen and oxygen atoms in total. The fraction of sp³-hybridized carbons (Fsp3) is 0.400. The fourth-order valence-corrected chi connectivity index (χ4v) is 2.86. The van der Waals surface area contributed by atoms with Gasteiger partial charge in [0.1, 0.15) is 18.5 Å². The van der Waals surface area contributed by atoms with Crippen LogP contribution in [-0.4, -0.2) is 42.6 Å². The molecule has 0 saturated heterocycles. The first-order chi connectivity index (χ1) is 12.2. The quantitative estimate of drug-likeness (QED) is 0.798. The van der Waals surface area contributed by atoms with E-state index >= 15 is 0 Å². The van der Waals surface area contributed by atoms with Crippen LogP contribution in [0, 0.1) is 6.92 Å². The molecule has 5 heteroatoms. The summed E-state index contributed by atoms with van der Waals surface area (Å²) in [5.41, 5.74) is 2.21. The number of aryl methyl sites for hydroxylation is 1. The van der Waals surface area contributed by atoms with E-state index < -0.39 is 6.10 Å². The average Bonchev–Trinajstić information content (AvgIpc) is 3.08. The first-order valence-corrected chi connectivity index (χ1v) is 8.63. The van der Waals surface area contributed by atoms with Crippen LogP contribution in [0.15, 0.2) is 42.5 Å². The lowest BCUT2D eigenvalue weighted by molar-refractivity contribution is 0.0672. The van der Waals surface area contributed by atoms with E-state index in [1.54, 1.807) is 0 Å². The minimum absolute atomic E-state index is 0.280. The van der Waals surface area contributed by atoms with Crippen molar-refractivity contribution in [2.75, 3.05) is 26.5 Å². The first-order valence-electron chi connectivity index (χ1n) is 8.63. The van der Waals surface area contributed by atoms with Gasteiger partial charge in [0, 0.05) is 13.1 Å². The Hall–Kier alpha value is -2.24. The molecule has 0 saturated carbocycles. The van der Waals surface area contributed by atoms with Crippen LogP contribution in [0.1, 0.15) is 18.1 Å². The van der Waals surface area contributed by atoms with Crippen molar-refractivity contribution in [3.05, 3.63) is 53.6 Å². The SMILES string of the molecule is CCN(Cc1ccc2c(c1)OCO2)CC(O)COc1ccccc1C. The Morgan fingerprint density at radius 2 is 1.96 bits per heavy atom. The van der Waals surface area contributed by atoms with Crippen molar-refractivity contribution < 1.29 is 19.3 Å². The number of ether oxygens (including phenoxy) is 3. The minimum Gasteiger partial charge on any atom is -0.491 e. The van der Waals surface area contributed by atoms with Crippen LogP contribution in [0.3, 0.4) is 0 Å². The molecule has 0 spiro atoms. The molecule has 1 atom stereocenters. The predicted octanol–water partition coefficient (Wildman–Crippen LogP) is 2.99. The van der Waals surface area contributed by atoms with Gasteiger partial charge in [-0.25, -0.2) is 0 Å². The van der Waals surface area contributed by atoms with Gasteiger partial charge in [0.05, 0.1) is 0 Å². The molecule has 1 N–H and O–H groups in total. The summed E-state index contributed by atoms with van der Waals surface area (Å²) >= 11 is 0. The summed E-state index contributed by atoms with van der Waals surface area (Å²) in [6, 6.07) is 13.8. The van der Waals surface area contributed by atoms with E-state index in [-0.39, 0.29) is 13.4 Å². The highest BCUT2D eigenvalue weighted by Crippen LogP contribution is 2.32. The highest BCUT2D eigenvalue weighted by molar-refractivity contribution is 5.44. The molecule has 134 valence electrons. The third-order valence-corrected chi connectivity index (χ3v) is 4.28. The second-order valence-corrected chi connectivity index (χ2v) is 6.25. The van der Waals surface area contributed by atoms with Gasteiger partial charge in [-0.05, 0) is 42.8 Å². The van der Waals surface area contributed by atoms with Gasteiger partial charge < -0.3 is 19.3 Å². The van der Waals surface area contributed by atoms with Crippen LogP contribution >= 0.6 is 0 Å². The summed E-state index contributed by atoms with van der Waals surface area (Å²) < 4.78 is 16.5. The van der Waals surface area contributed by atoms with Crippen LogP contribution in [0.4, 0.5) is 0 Å². The number of hydrogen-bond acceptors (Lipinski definition) is 5. The van der Waals surface area contributed by atoms with Gasteiger partial charge in [-0.1, -0.05) is 31.2 Å². The number of rotatable bonds is 8. The maximum absolute atomic E-state index is 10.3. The molecule has 0 aromatic heterocycles. The Bertz CT molecular complexity index is 704. The molecule has 0 fully saturated rings. The van der Waals surface area contributed by atoms with Gasteiger partial charge in [0.25, 0.3) is 0 Å². The van der Waals surface area contributed by atoms with E-state index in [0.717, 1.165) is 41.5 Å².